The van der Waals surface area contributed by atoms with Crippen LogP contribution in [0.1, 0.15) is 6.92 Å². The first-order valence-corrected chi connectivity index (χ1v) is 2.50. The maximum absolute atomic E-state index is 10.4. The van der Waals surface area contributed by atoms with E-state index >= 15 is 0 Å². The minimum Gasteiger partial charge on any atom is -0.297 e. The standard InChI is InChI=1S/C5H6N3O/c1-5(9)4-8-3-2-6-7-8/h2-4H,1H3. The molecular weight excluding hydrogens is 118 g/mol. The van der Waals surface area contributed by atoms with E-state index in [4.69, 9.17) is 0 Å². The first kappa shape index (κ1) is 5.94. The van der Waals surface area contributed by atoms with E-state index in [9.17, 15) is 4.79 Å². The zero-order valence-electron chi connectivity index (χ0n) is 4.98. The van der Waals surface area contributed by atoms with Gasteiger partial charge in [-0.3, -0.25) is 4.79 Å². The summed E-state index contributed by atoms with van der Waals surface area (Å²) in [6.07, 6.45) is 3.11. The number of carbonyl (C=O) groups is 1. The molecule has 0 saturated heterocycles. The van der Waals surface area contributed by atoms with Crippen LogP contribution in [0.3, 0.4) is 0 Å². The van der Waals surface area contributed by atoms with Gasteiger partial charge in [0.15, 0.2) is 5.78 Å². The van der Waals surface area contributed by atoms with Crippen molar-refractivity contribution in [1.82, 2.24) is 15.0 Å². The van der Waals surface area contributed by atoms with E-state index in [-0.39, 0.29) is 5.78 Å². The van der Waals surface area contributed by atoms with Gasteiger partial charge in [0.25, 0.3) is 0 Å². The maximum atomic E-state index is 10.4. The van der Waals surface area contributed by atoms with E-state index in [0.29, 0.717) is 0 Å². The number of aromatic nitrogens is 3. The van der Waals surface area contributed by atoms with Gasteiger partial charge < -0.3 is 0 Å². The summed E-state index contributed by atoms with van der Waals surface area (Å²) in [7, 11) is 0. The SMILES string of the molecule is CC(=O)[CH]n1ccnn1. The fourth-order valence-corrected chi connectivity index (χ4v) is 0.472. The molecule has 1 aromatic rings. The Morgan fingerprint density at radius 3 is 3.00 bits per heavy atom. The van der Waals surface area contributed by atoms with Crippen molar-refractivity contribution in [2.24, 2.45) is 0 Å². The molecule has 4 nitrogen and oxygen atoms in total. The third-order valence-corrected chi connectivity index (χ3v) is 0.755. The molecule has 1 aromatic heterocycles. The summed E-state index contributed by atoms with van der Waals surface area (Å²) < 4.78 is 1.36. The Bertz CT molecular complexity index is 192. The van der Waals surface area contributed by atoms with E-state index in [1.807, 2.05) is 0 Å². The first-order chi connectivity index (χ1) is 4.29. The predicted octanol–water partition coefficient (Wildman–Crippen LogP) is -0.123. The average Bonchev–Trinajstić information content (AvgIpc) is 2.15. The Kier molecular flexibility index (Phi) is 1.58. The summed E-state index contributed by atoms with van der Waals surface area (Å²) in [4.78, 5) is 10.4. The Morgan fingerprint density at radius 2 is 2.56 bits per heavy atom. The number of hydrogen-bond donors (Lipinski definition) is 0. The van der Waals surface area contributed by atoms with Crippen LogP contribution >= 0.6 is 0 Å². The van der Waals surface area contributed by atoms with Gasteiger partial charge in [-0.1, -0.05) is 5.21 Å². The zero-order chi connectivity index (χ0) is 6.69. The number of hydrogen-bond acceptors (Lipinski definition) is 3. The van der Waals surface area contributed by atoms with Crippen LogP contribution in [-0.4, -0.2) is 20.8 Å². The lowest BCUT2D eigenvalue weighted by atomic mass is 10.4. The van der Waals surface area contributed by atoms with Gasteiger partial charge in [0.2, 0.25) is 0 Å². The molecule has 1 rings (SSSR count). The molecule has 1 radical (unpaired) electrons. The van der Waals surface area contributed by atoms with E-state index in [0.717, 1.165) is 0 Å². The molecule has 0 aliphatic carbocycles. The topological polar surface area (TPSA) is 47.8 Å². The number of carbonyl (C=O) groups excluding carboxylic acids is 1. The van der Waals surface area contributed by atoms with Crippen molar-refractivity contribution in [3.63, 3.8) is 0 Å². The maximum Gasteiger partial charge on any atom is 0.157 e. The zero-order valence-corrected chi connectivity index (χ0v) is 4.98. The second kappa shape index (κ2) is 2.39. The highest BCUT2D eigenvalue weighted by atomic mass is 16.1. The van der Waals surface area contributed by atoms with Gasteiger partial charge >= 0.3 is 0 Å². The van der Waals surface area contributed by atoms with Gasteiger partial charge in [0, 0.05) is 6.20 Å². The lowest BCUT2D eigenvalue weighted by Gasteiger charge is -1.89. The minimum absolute atomic E-state index is 0.0412. The molecule has 0 bridgehead atoms. The molecule has 9 heavy (non-hydrogen) atoms. The number of nitrogens with zero attached hydrogens (tertiary/aromatic N) is 3. The van der Waals surface area contributed by atoms with Gasteiger partial charge in [0.05, 0.1) is 6.20 Å². The highest BCUT2D eigenvalue weighted by molar-refractivity contribution is 5.83. The van der Waals surface area contributed by atoms with Crippen molar-refractivity contribution in [2.45, 2.75) is 6.92 Å². The Labute approximate surface area is 52.5 Å². The summed E-state index contributed by atoms with van der Waals surface area (Å²) in [6, 6.07) is 0. The highest BCUT2D eigenvalue weighted by Gasteiger charge is 1.94. The highest BCUT2D eigenvalue weighted by Crippen LogP contribution is 1.83. The Morgan fingerprint density at radius 1 is 1.78 bits per heavy atom. The average molecular weight is 124 g/mol. The van der Waals surface area contributed by atoms with Gasteiger partial charge in [-0.05, 0) is 6.92 Å². The molecule has 1 heterocycles. The van der Waals surface area contributed by atoms with Crippen LogP contribution in [0.25, 0.3) is 0 Å². The van der Waals surface area contributed by atoms with Crippen molar-refractivity contribution in [2.75, 3.05) is 0 Å². The van der Waals surface area contributed by atoms with Crippen molar-refractivity contribution in [3.05, 3.63) is 18.9 Å². The van der Waals surface area contributed by atoms with Crippen LogP contribution in [0.15, 0.2) is 12.4 Å². The van der Waals surface area contributed by atoms with Crippen LogP contribution in [0.5, 0.6) is 0 Å². The number of ketones is 1. The van der Waals surface area contributed by atoms with E-state index < -0.39 is 0 Å². The van der Waals surface area contributed by atoms with Crippen LogP contribution in [0, 0.1) is 6.54 Å². The molecule has 0 N–H and O–H groups in total. The van der Waals surface area contributed by atoms with E-state index in [2.05, 4.69) is 10.3 Å². The molecule has 47 valence electrons. The largest absolute Gasteiger partial charge is 0.297 e. The molecule has 0 spiro atoms. The van der Waals surface area contributed by atoms with E-state index in [1.54, 1.807) is 6.20 Å². The minimum atomic E-state index is -0.0412. The number of rotatable bonds is 2. The molecule has 4 heteroatoms. The molecule has 0 saturated carbocycles. The Balaban J connectivity index is 2.58. The summed E-state index contributed by atoms with van der Waals surface area (Å²) in [5.74, 6) is -0.0412. The first-order valence-electron chi connectivity index (χ1n) is 2.50. The Hall–Kier alpha value is -1.19. The van der Waals surface area contributed by atoms with Gasteiger partial charge in [0.1, 0.15) is 6.54 Å². The summed E-state index contributed by atoms with van der Waals surface area (Å²) in [6.45, 7) is 2.81. The lowest BCUT2D eigenvalue weighted by Crippen LogP contribution is -2.03. The lowest BCUT2D eigenvalue weighted by molar-refractivity contribution is -0.114. The second-order valence-electron chi connectivity index (χ2n) is 1.62. The van der Waals surface area contributed by atoms with E-state index in [1.165, 1.54) is 24.3 Å². The van der Waals surface area contributed by atoms with Crippen molar-refractivity contribution in [3.8, 4) is 0 Å². The van der Waals surface area contributed by atoms with Crippen molar-refractivity contribution in [1.29, 1.82) is 0 Å². The summed E-state index contributed by atoms with van der Waals surface area (Å²) in [5, 5.41) is 7.05. The second-order valence-corrected chi connectivity index (χ2v) is 1.62. The van der Waals surface area contributed by atoms with Gasteiger partial charge in [-0.2, -0.15) is 0 Å². The smallest absolute Gasteiger partial charge is 0.157 e. The molecular formula is C5H6N3O. The van der Waals surface area contributed by atoms with Crippen molar-refractivity contribution < 1.29 is 4.79 Å². The normalized spacial score (nSPS) is 9.44. The van der Waals surface area contributed by atoms with Crippen LogP contribution in [-0.2, 0) is 4.79 Å². The summed E-state index contributed by atoms with van der Waals surface area (Å²) in [5.41, 5.74) is 0. The fourth-order valence-electron chi connectivity index (χ4n) is 0.472. The van der Waals surface area contributed by atoms with Crippen LogP contribution < -0.4 is 0 Å². The monoisotopic (exact) mass is 124 g/mol. The molecule has 0 aliphatic heterocycles. The van der Waals surface area contributed by atoms with Crippen LogP contribution in [0.2, 0.25) is 0 Å². The quantitative estimate of drug-likeness (QED) is 0.552. The molecule has 0 amide bonds. The van der Waals surface area contributed by atoms with Gasteiger partial charge in [-0.15, -0.1) is 5.10 Å². The molecule has 0 atom stereocenters. The fraction of sp³-hybridized carbons (Fsp3) is 0.200. The van der Waals surface area contributed by atoms with Crippen LogP contribution in [0.4, 0.5) is 0 Å². The molecule has 0 unspecified atom stereocenters. The molecule has 0 aromatic carbocycles. The molecule has 0 fully saturated rings. The third kappa shape index (κ3) is 1.64. The summed E-state index contributed by atoms with van der Waals surface area (Å²) >= 11 is 0. The van der Waals surface area contributed by atoms with Gasteiger partial charge in [-0.25, -0.2) is 4.68 Å². The van der Waals surface area contributed by atoms with Crippen molar-refractivity contribution >= 4 is 5.78 Å². The number of Topliss-reactive ketones (excluding diaryl/α,β-unsaturated/α-hetero) is 1. The predicted molar refractivity (Wildman–Crippen MR) is 30.4 cm³/mol. The third-order valence-electron chi connectivity index (χ3n) is 0.755. The molecule has 0 aliphatic rings.